The molecule has 2 unspecified atom stereocenters. The Kier molecular flexibility index (Phi) is 4.99. The van der Waals surface area contributed by atoms with Gasteiger partial charge in [-0.1, -0.05) is 13.8 Å². The average Bonchev–Trinajstić information content (AvgIpc) is 3.08. The Morgan fingerprint density at radius 2 is 1.89 bits per heavy atom. The molecule has 0 aromatic carbocycles. The molecule has 5 nitrogen and oxygen atoms in total. The van der Waals surface area contributed by atoms with Crippen LogP contribution in [0.25, 0.3) is 0 Å². The van der Waals surface area contributed by atoms with Crippen LogP contribution in [0.15, 0.2) is 0 Å². The van der Waals surface area contributed by atoms with Gasteiger partial charge in [0.05, 0.1) is 6.42 Å². The second-order valence-electron chi connectivity index (χ2n) is 5.59. The van der Waals surface area contributed by atoms with Crippen LogP contribution < -0.4 is 5.32 Å². The summed E-state index contributed by atoms with van der Waals surface area (Å²) in [5.74, 6) is -0.167. The number of nitrogens with one attached hydrogen (secondary N) is 1. The summed E-state index contributed by atoms with van der Waals surface area (Å²) in [7, 11) is 1.77. The standard InChI is InChI=1S/C13H24N2O3/c1-8(2)11(7-12(16)17)14-13(18)15(4)9(3)10-5-6-10/h8-11H,5-7H2,1-4H3,(H,14,18)(H,16,17). The molecular weight excluding hydrogens is 232 g/mol. The number of urea groups is 1. The Bertz CT molecular complexity index is 313. The van der Waals surface area contributed by atoms with E-state index in [1.807, 2.05) is 20.8 Å². The van der Waals surface area contributed by atoms with E-state index >= 15 is 0 Å². The van der Waals surface area contributed by atoms with Gasteiger partial charge in [-0.05, 0) is 31.6 Å². The second kappa shape index (κ2) is 6.07. The number of amides is 2. The van der Waals surface area contributed by atoms with Crippen LogP contribution in [0.2, 0.25) is 0 Å². The maximum Gasteiger partial charge on any atom is 0.317 e. The summed E-state index contributed by atoms with van der Waals surface area (Å²) in [6, 6.07) is -0.263. The Morgan fingerprint density at radius 3 is 2.28 bits per heavy atom. The van der Waals surface area contributed by atoms with E-state index in [0.717, 1.165) is 0 Å². The van der Waals surface area contributed by atoms with E-state index in [9.17, 15) is 9.59 Å². The molecule has 0 aromatic heterocycles. The first kappa shape index (κ1) is 14.8. The van der Waals surface area contributed by atoms with E-state index < -0.39 is 5.97 Å². The molecule has 2 amide bonds. The highest BCUT2D eigenvalue weighted by Crippen LogP contribution is 2.34. The number of nitrogens with zero attached hydrogens (tertiary/aromatic N) is 1. The zero-order valence-electron chi connectivity index (χ0n) is 11.6. The molecule has 5 heteroatoms. The lowest BCUT2D eigenvalue weighted by Gasteiger charge is -2.29. The third kappa shape index (κ3) is 4.20. The van der Waals surface area contributed by atoms with Crippen molar-refractivity contribution in [1.29, 1.82) is 0 Å². The van der Waals surface area contributed by atoms with Crippen molar-refractivity contribution < 1.29 is 14.7 Å². The van der Waals surface area contributed by atoms with Crippen LogP contribution in [0.4, 0.5) is 4.79 Å². The van der Waals surface area contributed by atoms with Gasteiger partial charge in [-0.2, -0.15) is 0 Å². The summed E-state index contributed by atoms with van der Waals surface area (Å²) in [4.78, 5) is 24.5. The highest BCUT2D eigenvalue weighted by molar-refractivity contribution is 5.76. The fourth-order valence-electron chi connectivity index (χ4n) is 1.98. The summed E-state index contributed by atoms with van der Waals surface area (Å²) in [5.41, 5.74) is 0. The van der Waals surface area contributed by atoms with E-state index in [1.165, 1.54) is 12.8 Å². The van der Waals surface area contributed by atoms with Gasteiger partial charge in [0.15, 0.2) is 0 Å². The van der Waals surface area contributed by atoms with Crippen molar-refractivity contribution in [3.8, 4) is 0 Å². The maximum absolute atomic E-state index is 12.0. The van der Waals surface area contributed by atoms with Crippen molar-refractivity contribution in [3.05, 3.63) is 0 Å². The lowest BCUT2D eigenvalue weighted by atomic mass is 10.0. The van der Waals surface area contributed by atoms with Crippen LogP contribution in [-0.4, -0.2) is 41.1 Å². The molecule has 2 N–H and O–H groups in total. The number of aliphatic carboxylic acids is 1. The molecule has 0 aliphatic heterocycles. The minimum atomic E-state index is -0.883. The van der Waals surface area contributed by atoms with Crippen LogP contribution in [0, 0.1) is 11.8 Å². The average molecular weight is 256 g/mol. The number of hydrogen-bond acceptors (Lipinski definition) is 2. The first-order valence-corrected chi connectivity index (χ1v) is 6.58. The van der Waals surface area contributed by atoms with Crippen LogP contribution in [0.5, 0.6) is 0 Å². The maximum atomic E-state index is 12.0. The lowest BCUT2D eigenvalue weighted by molar-refractivity contribution is -0.137. The third-order valence-electron chi connectivity index (χ3n) is 3.74. The third-order valence-corrected chi connectivity index (χ3v) is 3.74. The molecule has 0 aromatic rings. The molecule has 0 radical (unpaired) electrons. The van der Waals surface area contributed by atoms with E-state index in [4.69, 9.17) is 5.11 Å². The molecule has 1 fully saturated rings. The fourth-order valence-corrected chi connectivity index (χ4v) is 1.98. The van der Waals surface area contributed by atoms with Gasteiger partial charge in [-0.15, -0.1) is 0 Å². The minimum absolute atomic E-state index is 0.0327. The zero-order chi connectivity index (χ0) is 13.9. The van der Waals surface area contributed by atoms with Crippen molar-refractivity contribution in [3.63, 3.8) is 0 Å². The van der Waals surface area contributed by atoms with Gasteiger partial charge < -0.3 is 15.3 Å². The number of carboxylic acids is 1. The molecule has 1 saturated carbocycles. The molecule has 18 heavy (non-hydrogen) atoms. The number of carbonyl (C=O) groups is 2. The zero-order valence-corrected chi connectivity index (χ0v) is 11.6. The normalized spacial score (nSPS) is 18.3. The number of rotatable bonds is 6. The largest absolute Gasteiger partial charge is 0.481 e. The van der Waals surface area contributed by atoms with Crippen molar-refractivity contribution in [2.75, 3.05) is 7.05 Å². The molecule has 2 atom stereocenters. The topological polar surface area (TPSA) is 69.6 Å². The minimum Gasteiger partial charge on any atom is -0.481 e. The highest BCUT2D eigenvalue weighted by Gasteiger charge is 2.33. The summed E-state index contributed by atoms with van der Waals surface area (Å²) in [6.07, 6.45) is 2.33. The fraction of sp³-hybridized carbons (Fsp3) is 0.846. The van der Waals surface area contributed by atoms with E-state index in [1.54, 1.807) is 11.9 Å². The van der Waals surface area contributed by atoms with Gasteiger partial charge in [-0.3, -0.25) is 4.79 Å². The summed E-state index contributed by atoms with van der Waals surface area (Å²) >= 11 is 0. The molecule has 0 saturated heterocycles. The summed E-state index contributed by atoms with van der Waals surface area (Å²) in [6.45, 7) is 5.87. The molecule has 1 aliphatic carbocycles. The predicted molar refractivity (Wildman–Crippen MR) is 69.4 cm³/mol. The van der Waals surface area contributed by atoms with Crippen LogP contribution in [0.3, 0.4) is 0 Å². The highest BCUT2D eigenvalue weighted by atomic mass is 16.4. The van der Waals surface area contributed by atoms with Gasteiger partial charge in [0, 0.05) is 19.1 Å². The van der Waals surface area contributed by atoms with Crippen molar-refractivity contribution >= 4 is 12.0 Å². The second-order valence-corrected chi connectivity index (χ2v) is 5.59. The molecule has 104 valence electrons. The van der Waals surface area contributed by atoms with Crippen LogP contribution >= 0.6 is 0 Å². The van der Waals surface area contributed by atoms with Gasteiger partial charge >= 0.3 is 12.0 Å². The van der Waals surface area contributed by atoms with Gasteiger partial charge in [0.2, 0.25) is 0 Å². The Balaban J connectivity index is 2.51. The SMILES string of the molecule is CC(C)C(CC(=O)O)NC(=O)N(C)C(C)C1CC1. The smallest absolute Gasteiger partial charge is 0.317 e. The molecule has 1 aliphatic rings. The van der Waals surface area contributed by atoms with Crippen molar-refractivity contribution in [2.45, 2.75) is 52.1 Å². The molecule has 0 spiro atoms. The van der Waals surface area contributed by atoms with Gasteiger partial charge in [-0.25, -0.2) is 4.79 Å². The quantitative estimate of drug-likeness (QED) is 0.763. The predicted octanol–water partition coefficient (Wildman–Crippen LogP) is 1.93. The van der Waals surface area contributed by atoms with E-state index in [0.29, 0.717) is 5.92 Å². The van der Waals surface area contributed by atoms with Crippen LogP contribution in [-0.2, 0) is 4.79 Å². The Hall–Kier alpha value is -1.26. The van der Waals surface area contributed by atoms with E-state index in [2.05, 4.69) is 5.32 Å². The van der Waals surface area contributed by atoms with E-state index in [-0.39, 0.29) is 30.5 Å². The lowest BCUT2D eigenvalue weighted by Crippen LogP contribution is -2.49. The monoisotopic (exact) mass is 256 g/mol. The number of carboxylic acid groups (broad SMARTS) is 1. The summed E-state index contributed by atoms with van der Waals surface area (Å²) in [5, 5.41) is 11.6. The first-order chi connectivity index (χ1) is 8.32. The first-order valence-electron chi connectivity index (χ1n) is 6.58. The molecule has 0 bridgehead atoms. The molecular formula is C13H24N2O3. The van der Waals surface area contributed by atoms with Crippen molar-refractivity contribution in [1.82, 2.24) is 10.2 Å². The van der Waals surface area contributed by atoms with Crippen LogP contribution in [0.1, 0.15) is 40.0 Å². The number of hydrogen-bond donors (Lipinski definition) is 2. The number of carbonyl (C=O) groups excluding carboxylic acids is 1. The molecule has 1 rings (SSSR count). The Labute approximate surface area is 109 Å². The molecule has 0 heterocycles. The summed E-state index contributed by atoms with van der Waals surface area (Å²) < 4.78 is 0. The Morgan fingerprint density at radius 1 is 1.33 bits per heavy atom. The van der Waals surface area contributed by atoms with Crippen molar-refractivity contribution in [2.24, 2.45) is 11.8 Å². The van der Waals surface area contributed by atoms with Gasteiger partial charge in [0.25, 0.3) is 0 Å². The van der Waals surface area contributed by atoms with Gasteiger partial charge in [0.1, 0.15) is 0 Å².